The number of benzene rings is 8. The number of hydrogen-bond acceptors (Lipinski definition) is 6. The van der Waals surface area contributed by atoms with Crippen LogP contribution in [0.2, 0.25) is 0 Å². The van der Waals surface area contributed by atoms with Crippen LogP contribution in [-0.2, 0) is 73.6 Å². The summed E-state index contributed by atoms with van der Waals surface area (Å²) < 4.78 is 60.0. The third-order valence-electron chi connectivity index (χ3n) is 11.8. The molecule has 12 aromatic rings. The van der Waals surface area contributed by atoms with E-state index in [4.69, 9.17) is 66.2 Å². The Morgan fingerprint density at radius 3 is 0.744 bits per heavy atom. The molecule has 0 saturated heterocycles. The molecule has 0 aliphatic heterocycles. The molecule has 420 valence electrons. The third-order valence-corrected chi connectivity index (χ3v) is 11.8. The van der Waals surface area contributed by atoms with E-state index in [0.717, 1.165) is 100.0 Å². The summed E-state index contributed by atoms with van der Waals surface area (Å²) in [6.45, 7) is 36.0. The molecule has 0 amide bonds. The van der Waals surface area contributed by atoms with E-state index in [-0.39, 0.29) is 0 Å². The zero-order chi connectivity index (χ0) is 64.1. The Bertz CT molecular complexity index is 3660. The number of hydrogen-bond donors (Lipinski definition) is 0. The summed E-state index contributed by atoms with van der Waals surface area (Å²) in [6.07, 6.45) is 7.53. The van der Waals surface area contributed by atoms with E-state index >= 15 is 0 Å². The molecule has 0 bridgehead atoms. The Balaban J connectivity index is 0.000000668. The van der Waals surface area contributed by atoms with Crippen LogP contribution in [0.1, 0.15) is 0 Å². The first-order valence-electron chi connectivity index (χ1n) is 23.9. The van der Waals surface area contributed by atoms with Gasteiger partial charge in [-0.05, 0) is 108 Å². The van der Waals surface area contributed by atoms with Gasteiger partial charge in [-0.3, -0.25) is 19.9 Å². The summed E-state index contributed by atoms with van der Waals surface area (Å²) >= 11 is 2.39. The Morgan fingerprint density at radius 1 is 0.244 bits per heavy atom. The van der Waals surface area contributed by atoms with Crippen molar-refractivity contribution in [2.45, 2.75) is 0 Å². The van der Waals surface area contributed by atoms with Gasteiger partial charge < -0.3 is 9.80 Å². The van der Waals surface area contributed by atoms with Crippen LogP contribution in [0.5, 0.6) is 0 Å². The molecular weight excluding hydrogens is 1470 g/mol. The van der Waals surface area contributed by atoms with Gasteiger partial charge in [0.05, 0.1) is 22.1 Å². The maximum atomic E-state index is 7.50. The summed E-state index contributed by atoms with van der Waals surface area (Å²) in [6, 6.07) is 80.0. The van der Waals surface area contributed by atoms with Crippen molar-refractivity contribution in [3.63, 3.8) is 0 Å². The fourth-order valence-corrected chi connectivity index (χ4v) is 8.60. The van der Waals surface area contributed by atoms with Crippen molar-refractivity contribution in [1.29, 1.82) is 0 Å². The fourth-order valence-electron chi connectivity index (χ4n) is 8.60. The summed E-state index contributed by atoms with van der Waals surface area (Å²) in [5.74, 6) is 0. The summed E-state index contributed by atoms with van der Waals surface area (Å²) in [4.78, 5) is 23.1. The van der Waals surface area contributed by atoms with Crippen molar-refractivity contribution >= 4 is 96.8 Å². The average molecular weight is 1510 g/mol. The number of nitrogens with zero attached hydrogens (tertiary/aromatic N) is 6. The van der Waals surface area contributed by atoms with E-state index in [2.05, 4.69) is 267 Å². The van der Waals surface area contributed by atoms with Gasteiger partial charge in [0.2, 0.25) is 0 Å². The van der Waals surface area contributed by atoms with Crippen LogP contribution in [0, 0.1) is 53.2 Å². The topological polar surface area (TPSA) is 217 Å². The van der Waals surface area contributed by atoms with E-state index < -0.39 is 0 Å². The molecular formula is C68H42Cl2N6O8Re2. The first kappa shape index (κ1) is 74.8. The van der Waals surface area contributed by atoms with Gasteiger partial charge in [-0.1, -0.05) is 133 Å². The van der Waals surface area contributed by atoms with Crippen LogP contribution < -0.4 is 9.80 Å². The Morgan fingerprint density at radius 2 is 0.477 bits per heavy atom. The molecule has 0 unspecified atom stereocenters. The fraction of sp³-hybridized carbons (Fsp3) is 0. The molecule has 0 atom stereocenters. The van der Waals surface area contributed by atoms with Crippen LogP contribution in [0.15, 0.2) is 255 Å². The quantitative estimate of drug-likeness (QED) is 0.0818. The summed E-state index contributed by atoms with van der Waals surface area (Å²) in [7, 11) is 9.39. The number of para-hydroxylation sites is 4. The second kappa shape index (κ2) is 45.3. The second-order valence-corrected chi connectivity index (χ2v) is 16.0. The molecule has 12 rings (SSSR count). The monoisotopic (exact) mass is 1510 g/mol. The largest absolute Gasteiger partial charge is 0.311 e. The standard InChI is InChI=1S/2C30H21N3.8CO.2ClH.2Re/c2*1-3-9-26(10-4-1)33(27-11-5-2-6-12-27)28-17-15-22(16-18-28)25-20-24-14-13-23-8-7-19-31-29(23)30(24)32-21-25;8*1-2;;;;/h2*1-21H;;;;;;;;;2*1H;;/q;;;;;;;;;;;;2*+1/p-2. The molecule has 4 aromatic heterocycles. The van der Waals surface area contributed by atoms with Crippen molar-refractivity contribution < 1.29 is 73.6 Å². The number of rotatable bonds is 8. The molecule has 0 N–H and O–H groups in total. The molecule has 0 saturated carbocycles. The predicted molar refractivity (Wildman–Crippen MR) is 317 cm³/mol. The van der Waals surface area contributed by atoms with Gasteiger partial charge in [-0.2, -0.15) is 0 Å². The number of anilines is 6. The van der Waals surface area contributed by atoms with Gasteiger partial charge in [0.15, 0.2) is 0 Å². The van der Waals surface area contributed by atoms with Crippen molar-refractivity contribution in [2.24, 2.45) is 0 Å². The maximum absolute atomic E-state index is 7.50. The smallest absolute Gasteiger partial charge is 0.0964 e. The van der Waals surface area contributed by atoms with E-state index in [1.54, 1.807) is 0 Å². The summed E-state index contributed by atoms with van der Waals surface area (Å²) in [5, 5.41) is 4.41. The van der Waals surface area contributed by atoms with E-state index in [1.807, 2.05) is 61.2 Å². The molecule has 0 radical (unpaired) electrons. The van der Waals surface area contributed by atoms with Gasteiger partial charge in [-0.15, -0.1) is 0 Å². The van der Waals surface area contributed by atoms with Gasteiger partial charge >= 0.3 is 146 Å². The molecule has 86 heavy (non-hydrogen) atoms. The number of aromatic nitrogens is 4. The molecule has 18 heteroatoms. The molecule has 14 nitrogen and oxygen atoms in total. The van der Waals surface area contributed by atoms with E-state index in [0.29, 0.717) is 0 Å². The van der Waals surface area contributed by atoms with Gasteiger partial charge in [0.1, 0.15) is 0 Å². The predicted octanol–water partition coefficient (Wildman–Crippen LogP) is 16.9. The SMILES string of the molecule is [C-]#[O+].[C-]#[O+].[C-]#[O+].[C-]#[O+].[C-]#[O+].[C-]#[O+].[C-]#[O+].[C-]#[O+].[Cl][Re].[Cl][Re].c1ccc(N(c2ccccc2)c2ccc(-c3cnc4c(ccc5cccnc54)c3)cc2)cc1.c1ccc(N(c2ccccc2)c2ccc(-c3cnc4c(ccc5cccnc54)c3)cc2)cc1. The van der Waals surface area contributed by atoms with Crippen molar-refractivity contribution in [1.82, 2.24) is 19.9 Å². The number of pyridine rings is 4. The third kappa shape index (κ3) is 20.6. The average Bonchev–Trinajstić information content (AvgIpc) is 3.45. The maximum Gasteiger partial charge on any atom is 0.0964 e. The first-order valence-corrected chi connectivity index (χ1v) is 30.7. The Kier molecular flexibility index (Phi) is 39.4. The van der Waals surface area contributed by atoms with Crippen molar-refractivity contribution in [3.05, 3.63) is 309 Å². The van der Waals surface area contributed by atoms with Crippen molar-refractivity contribution in [3.8, 4) is 22.3 Å². The minimum atomic E-state index is 0.938. The first-order chi connectivity index (χ1) is 42.7. The Labute approximate surface area is 527 Å². The minimum Gasteiger partial charge on any atom is -0.311 e. The van der Waals surface area contributed by atoms with E-state index in [1.165, 1.54) is 36.4 Å². The van der Waals surface area contributed by atoms with Crippen LogP contribution in [-0.4, -0.2) is 19.9 Å². The zero-order valence-electron chi connectivity index (χ0n) is 44.7. The van der Waals surface area contributed by atoms with Gasteiger partial charge in [-0.25, -0.2) is 0 Å². The molecule has 4 heterocycles. The van der Waals surface area contributed by atoms with Crippen molar-refractivity contribution in [2.75, 3.05) is 9.80 Å². The molecule has 0 fully saturated rings. The van der Waals surface area contributed by atoms with Crippen LogP contribution in [0.3, 0.4) is 0 Å². The molecule has 8 aromatic carbocycles. The minimum absolute atomic E-state index is 0.938. The number of halogens is 2. The molecule has 0 aliphatic carbocycles. The second-order valence-electron chi connectivity index (χ2n) is 16.0. The molecule has 0 spiro atoms. The van der Waals surface area contributed by atoms with Gasteiger partial charge in [0, 0.05) is 91.6 Å². The Hall–Kier alpha value is -9.18. The zero-order valence-corrected chi connectivity index (χ0v) is 51.7. The number of fused-ring (bicyclic) bond motifs is 6. The van der Waals surface area contributed by atoms with E-state index in [9.17, 15) is 0 Å². The summed E-state index contributed by atoms with van der Waals surface area (Å²) in [5.41, 5.74) is 15.0. The molecule has 0 aliphatic rings. The van der Waals surface area contributed by atoms with Crippen LogP contribution >= 0.6 is 19.1 Å². The van der Waals surface area contributed by atoms with Crippen LogP contribution in [0.4, 0.5) is 34.1 Å². The van der Waals surface area contributed by atoms with Crippen LogP contribution in [0.25, 0.3) is 65.9 Å². The normalized spacial score (nSPS) is 8.79. The van der Waals surface area contributed by atoms with Gasteiger partial charge in [0.25, 0.3) is 0 Å².